The fourth-order valence-electron chi connectivity index (χ4n) is 3.93. The summed E-state index contributed by atoms with van der Waals surface area (Å²) in [5.41, 5.74) is 2.25. The molecule has 3 atom stereocenters. The lowest BCUT2D eigenvalue weighted by Gasteiger charge is -2.34. The molecular formula is C19H26N2O2. The topological polar surface area (TPSA) is 40.6 Å². The van der Waals surface area contributed by atoms with Crippen LogP contribution in [0.5, 0.6) is 0 Å². The molecule has 0 aromatic heterocycles. The predicted molar refractivity (Wildman–Crippen MR) is 89.8 cm³/mol. The zero-order valence-corrected chi connectivity index (χ0v) is 14.3. The summed E-state index contributed by atoms with van der Waals surface area (Å²) < 4.78 is 0. The van der Waals surface area contributed by atoms with Crippen LogP contribution in [0.1, 0.15) is 43.4 Å². The van der Waals surface area contributed by atoms with E-state index in [4.69, 9.17) is 0 Å². The number of hydrogen-bond donors (Lipinski definition) is 0. The van der Waals surface area contributed by atoms with Gasteiger partial charge in [-0.25, -0.2) is 0 Å². The quantitative estimate of drug-likeness (QED) is 0.842. The molecule has 4 heteroatoms. The van der Waals surface area contributed by atoms with E-state index in [1.54, 1.807) is 4.90 Å². The zero-order valence-electron chi connectivity index (χ0n) is 14.3. The summed E-state index contributed by atoms with van der Waals surface area (Å²) in [6, 6.07) is 8.07. The molecule has 2 heterocycles. The molecule has 0 spiro atoms. The van der Waals surface area contributed by atoms with E-state index < -0.39 is 0 Å². The summed E-state index contributed by atoms with van der Waals surface area (Å²) >= 11 is 0. The monoisotopic (exact) mass is 314 g/mol. The van der Waals surface area contributed by atoms with Crippen molar-refractivity contribution >= 4 is 11.8 Å². The van der Waals surface area contributed by atoms with Crippen LogP contribution >= 0.6 is 0 Å². The number of carbonyl (C=O) groups is 2. The molecule has 2 aliphatic rings. The van der Waals surface area contributed by atoms with Crippen LogP contribution in [0.25, 0.3) is 0 Å². The number of likely N-dealkylation sites (tertiary alicyclic amines) is 2. The van der Waals surface area contributed by atoms with E-state index in [-0.39, 0.29) is 23.8 Å². The third-order valence-electron chi connectivity index (χ3n) is 5.29. The Labute approximate surface area is 138 Å². The van der Waals surface area contributed by atoms with Crippen molar-refractivity contribution in [2.75, 3.05) is 20.1 Å². The van der Waals surface area contributed by atoms with Crippen molar-refractivity contribution in [3.05, 3.63) is 35.4 Å². The first kappa shape index (κ1) is 16.0. The van der Waals surface area contributed by atoms with Crippen LogP contribution in [-0.4, -0.2) is 41.8 Å². The summed E-state index contributed by atoms with van der Waals surface area (Å²) in [5.74, 6) is 0.527. The Bertz CT molecular complexity index is 596. The number of amides is 2. The molecule has 4 nitrogen and oxygen atoms in total. The molecule has 2 saturated heterocycles. The number of rotatable bonds is 2. The van der Waals surface area contributed by atoms with Gasteiger partial charge in [-0.2, -0.15) is 0 Å². The molecule has 0 radical (unpaired) electrons. The van der Waals surface area contributed by atoms with Gasteiger partial charge < -0.3 is 9.80 Å². The van der Waals surface area contributed by atoms with Crippen LogP contribution in [0.4, 0.5) is 0 Å². The zero-order chi connectivity index (χ0) is 16.6. The van der Waals surface area contributed by atoms with Crippen molar-refractivity contribution in [3.8, 4) is 0 Å². The highest BCUT2D eigenvalue weighted by molar-refractivity contribution is 5.90. The van der Waals surface area contributed by atoms with E-state index in [9.17, 15) is 9.59 Å². The van der Waals surface area contributed by atoms with Crippen molar-refractivity contribution < 1.29 is 9.59 Å². The lowest BCUT2D eigenvalue weighted by Crippen LogP contribution is -2.43. The number of carbonyl (C=O) groups excluding carboxylic acids is 2. The van der Waals surface area contributed by atoms with Crippen LogP contribution in [0.3, 0.4) is 0 Å². The second kappa shape index (κ2) is 6.34. The SMILES string of the molecule is Cc1ccc([C@@H]2[C@@H](C(=O)N3CCC[C@@H](C)C3)CC(=O)N2C)cc1. The minimum atomic E-state index is -0.250. The molecule has 3 rings (SSSR count). The van der Waals surface area contributed by atoms with Crippen LogP contribution < -0.4 is 0 Å². The average Bonchev–Trinajstić information content (AvgIpc) is 2.83. The van der Waals surface area contributed by atoms with Gasteiger partial charge >= 0.3 is 0 Å². The number of nitrogens with zero attached hydrogens (tertiary/aromatic N) is 2. The van der Waals surface area contributed by atoms with E-state index in [0.29, 0.717) is 12.3 Å². The summed E-state index contributed by atoms with van der Waals surface area (Å²) in [7, 11) is 1.82. The molecule has 2 fully saturated rings. The third kappa shape index (κ3) is 3.12. The van der Waals surface area contributed by atoms with Crippen molar-refractivity contribution in [2.24, 2.45) is 11.8 Å². The molecular weight excluding hydrogens is 288 g/mol. The van der Waals surface area contributed by atoms with Crippen LogP contribution in [0.15, 0.2) is 24.3 Å². The molecule has 124 valence electrons. The fraction of sp³-hybridized carbons (Fsp3) is 0.579. The molecule has 0 saturated carbocycles. The largest absolute Gasteiger partial charge is 0.342 e. The fourth-order valence-corrected chi connectivity index (χ4v) is 3.93. The standard InChI is InChI=1S/C19H26N2O2/c1-13-6-8-15(9-7-13)18-16(11-17(22)20(18)3)19(23)21-10-4-5-14(2)12-21/h6-9,14,16,18H,4-5,10-12H2,1-3H3/t14-,16+,18-/m1/s1. The molecule has 23 heavy (non-hydrogen) atoms. The Kier molecular flexibility index (Phi) is 4.42. The molecule has 1 aromatic carbocycles. The van der Waals surface area contributed by atoms with Gasteiger partial charge in [-0.1, -0.05) is 36.8 Å². The van der Waals surface area contributed by atoms with E-state index in [0.717, 1.165) is 25.1 Å². The van der Waals surface area contributed by atoms with Gasteiger partial charge in [-0.15, -0.1) is 0 Å². The predicted octanol–water partition coefficient (Wildman–Crippen LogP) is 2.77. The molecule has 0 unspecified atom stereocenters. The number of benzene rings is 1. The van der Waals surface area contributed by atoms with Crippen molar-refractivity contribution in [3.63, 3.8) is 0 Å². The highest BCUT2D eigenvalue weighted by Crippen LogP contribution is 2.38. The lowest BCUT2D eigenvalue weighted by atomic mass is 9.90. The highest BCUT2D eigenvalue weighted by atomic mass is 16.2. The Morgan fingerprint density at radius 1 is 1.22 bits per heavy atom. The second-order valence-corrected chi connectivity index (χ2v) is 7.20. The Hall–Kier alpha value is -1.84. The van der Waals surface area contributed by atoms with Crippen LogP contribution in [0, 0.1) is 18.8 Å². The molecule has 0 aliphatic carbocycles. The first-order valence-electron chi connectivity index (χ1n) is 8.58. The van der Waals surface area contributed by atoms with Gasteiger partial charge in [0.2, 0.25) is 11.8 Å². The minimum absolute atomic E-state index is 0.0685. The Balaban J connectivity index is 1.85. The third-order valence-corrected chi connectivity index (χ3v) is 5.29. The lowest BCUT2D eigenvalue weighted by molar-refractivity contribution is -0.138. The second-order valence-electron chi connectivity index (χ2n) is 7.20. The minimum Gasteiger partial charge on any atom is -0.342 e. The van der Waals surface area contributed by atoms with Crippen molar-refractivity contribution in [1.29, 1.82) is 0 Å². The molecule has 2 aliphatic heterocycles. The molecule has 2 amide bonds. The Morgan fingerprint density at radius 2 is 1.91 bits per heavy atom. The summed E-state index contributed by atoms with van der Waals surface area (Å²) in [6.45, 7) is 5.90. The van der Waals surface area contributed by atoms with E-state index in [1.165, 1.54) is 12.0 Å². The first-order valence-corrected chi connectivity index (χ1v) is 8.58. The highest BCUT2D eigenvalue weighted by Gasteiger charge is 2.44. The van der Waals surface area contributed by atoms with Crippen LogP contribution in [-0.2, 0) is 9.59 Å². The van der Waals surface area contributed by atoms with Gasteiger partial charge in [-0.05, 0) is 31.2 Å². The van der Waals surface area contributed by atoms with Gasteiger partial charge in [0.15, 0.2) is 0 Å². The van der Waals surface area contributed by atoms with Gasteiger partial charge in [0.1, 0.15) is 0 Å². The number of hydrogen-bond acceptors (Lipinski definition) is 2. The maximum absolute atomic E-state index is 13.0. The average molecular weight is 314 g/mol. The first-order chi connectivity index (χ1) is 11.0. The van der Waals surface area contributed by atoms with E-state index in [2.05, 4.69) is 19.1 Å². The van der Waals surface area contributed by atoms with Crippen LogP contribution in [0.2, 0.25) is 0 Å². The maximum atomic E-state index is 13.0. The Morgan fingerprint density at radius 3 is 2.57 bits per heavy atom. The van der Waals surface area contributed by atoms with Gasteiger partial charge in [0, 0.05) is 26.6 Å². The van der Waals surface area contributed by atoms with E-state index in [1.807, 2.05) is 31.0 Å². The molecule has 0 N–H and O–H groups in total. The van der Waals surface area contributed by atoms with Crippen molar-refractivity contribution in [1.82, 2.24) is 9.80 Å². The van der Waals surface area contributed by atoms with E-state index >= 15 is 0 Å². The number of aryl methyl sites for hydroxylation is 1. The van der Waals surface area contributed by atoms with Gasteiger partial charge in [0.05, 0.1) is 12.0 Å². The van der Waals surface area contributed by atoms with Gasteiger partial charge in [-0.3, -0.25) is 9.59 Å². The molecule has 1 aromatic rings. The smallest absolute Gasteiger partial charge is 0.228 e. The maximum Gasteiger partial charge on any atom is 0.228 e. The summed E-state index contributed by atoms with van der Waals surface area (Å²) in [5, 5.41) is 0. The summed E-state index contributed by atoms with van der Waals surface area (Å²) in [4.78, 5) is 29.0. The van der Waals surface area contributed by atoms with Gasteiger partial charge in [0.25, 0.3) is 0 Å². The van der Waals surface area contributed by atoms with Crippen molar-refractivity contribution in [2.45, 2.75) is 39.2 Å². The molecule has 0 bridgehead atoms. The number of piperidine rings is 1. The normalized spacial score (nSPS) is 28.3. The summed E-state index contributed by atoms with van der Waals surface area (Å²) in [6.07, 6.45) is 2.59.